The number of rotatable bonds is 4. The van der Waals surface area contributed by atoms with Crippen LogP contribution in [0, 0.1) is 19.7 Å². The molecule has 0 aliphatic carbocycles. The number of hydrogen-bond acceptors (Lipinski definition) is 6. The second kappa shape index (κ2) is 9.37. The van der Waals surface area contributed by atoms with Gasteiger partial charge >= 0.3 is 0 Å². The number of ether oxygens (including phenoxy) is 1. The van der Waals surface area contributed by atoms with E-state index in [1.54, 1.807) is 12.1 Å². The van der Waals surface area contributed by atoms with Gasteiger partial charge in [-0.05, 0) is 60.0 Å². The molecule has 1 amide bonds. The number of anilines is 1. The predicted octanol–water partition coefficient (Wildman–Crippen LogP) is 7.24. The molecule has 1 fully saturated rings. The third kappa shape index (κ3) is 4.52. The van der Waals surface area contributed by atoms with E-state index < -0.39 is 5.82 Å². The number of thiocarbonyl (C=S) groups is 1. The lowest BCUT2D eigenvalue weighted by Crippen LogP contribution is -2.28. The Morgan fingerprint density at radius 1 is 1.14 bits per heavy atom. The van der Waals surface area contributed by atoms with Gasteiger partial charge in [0.05, 0.1) is 16.8 Å². The van der Waals surface area contributed by atoms with E-state index in [1.165, 1.54) is 16.7 Å². The Balaban J connectivity index is 1.61. The molecular weight excluding hydrogens is 505 g/mol. The maximum Gasteiger partial charge on any atom is 0.270 e. The van der Waals surface area contributed by atoms with Crippen molar-refractivity contribution in [2.24, 2.45) is 0 Å². The quantitative estimate of drug-likeness (QED) is 0.160. The van der Waals surface area contributed by atoms with Crippen molar-refractivity contribution in [3.05, 3.63) is 93.5 Å². The summed E-state index contributed by atoms with van der Waals surface area (Å²) in [5.41, 5.74) is 3.39. The second-order valence-corrected chi connectivity index (χ2v) is 9.91. The number of hydrogen-bond donors (Lipinski definition) is 0. The van der Waals surface area contributed by atoms with Gasteiger partial charge in [0.15, 0.2) is 4.32 Å². The zero-order valence-corrected chi connectivity index (χ0v) is 21.0. The van der Waals surface area contributed by atoms with Gasteiger partial charge in [0.1, 0.15) is 5.75 Å². The summed E-state index contributed by atoms with van der Waals surface area (Å²) < 4.78 is 20.6. The molecule has 0 atom stereocenters. The van der Waals surface area contributed by atoms with Crippen molar-refractivity contribution >= 4 is 68.3 Å². The SMILES string of the molecule is Cc1ccc(N2C(=O)/C(=C/c3c(Oc4nc(Cl)ncc4F)ccc4ccccc34)SC2=S)c(C)c1. The first-order chi connectivity index (χ1) is 16.8. The Hall–Kier alpha value is -3.33. The third-order valence-electron chi connectivity index (χ3n) is 5.48. The number of amides is 1. The summed E-state index contributed by atoms with van der Waals surface area (Å²) in [7, 11) is 0. The van der Waals surface area contributed by atoms with Crippen molar-refractivity contribution in [3.63, 3.8) is 0 Å². The third-order valence-corrected chi connectivity index (χ3v) is 6.97. The van der Waals surface area contributed by atoms with E-state index in [-0.39, 0.29) is 17.1 Å². The number of aryl methyl sites for hydroxylation is 2. The van der Waals surface area contributed by atoms with Crippen LogP contribution in [0.25, 0.3) is 16.8 Å². The highest BCUT2D eigenvalue weighted by Crippen LogP contribution is 2.40. The minimum Gasteiger partial charge on any atom is -0.436 e. The lowest BCUT2D eigenvalue weighted by molar-refractivity contribution is -0.113. The number of carbonyl (C=O) groups is 1. The van der Waals surface area contributed by atoms with Crippen molar-refractivity contribution in [3.8, 4) is 11.6 Å². The molecule has 2 heterocycles. The molecule has 0 N–H and O–H groups in total. The number of carbonyl (C=O) groups excluding carboxylic acids is 1. The lowest BCUT2D eigenvalue weighted by Gasteiger charge is -2.17. The van der Waals surface area contributed by atoms with Gasteiger partial charge in [0.25, 0.3) is 11.8 Å². The van der Waals surface area contributed by atoms with Gasteiger partial charge in [-0.1, -0.05) is 72.0 Å². The molecule has 0 bridgehead atoms. The van der Waals surface area contributed by atoms with Crippen LogP contribution >= 0.6 is 35.6 Å². The van der Waals surface area contributed by atoms with Crippen LogP contribution in [-0.4, -0.2) is 20.2 Å². The summed E-state index contributed by atoms with van der Waals surface area (Å²) in [4.78, 5) is 22.9. The summed E-state index contributed by atoms with van der Waals surface area (Å²) >= 11 is 12.6. The molecule has 3 aromatic carbocycles. The summed E-state index contributed by atoms with van der Waals surface area (Å²) in [5, 5.41) is 1.61. The smallest absolute Gasteiger partial charge is 0.270 e. The fraction of sp³-hybridized carbons (Fsp3) is 0.0769. The van der Waals surface area contributed by atoms with Gasteiger partial charge in [-0.25, -0.2) is 4.98 Å². The van der Waals surface area contributed by atoms with Crippen LogP contribution in [0.3, 0.4) is 0 Å². The van der Waals surface area contributed by atoms with Gasteiger partial charge in [-0.15, -0.1) is 0 Å². The largest absolute Gasteiger partial charge is 0.436 e. The standard InChI is InChI=1S/C26H17ClFN3O2S2/c1-14-7-9-20(15(2)11-14)31-24(32)22(35-26(31)34)12-18-17-6-4-3-5-16(17)8-10-21(18)33-23-19(28)13-29-25(27)30-23/h3-13H,1-2H3/b22-12-. The fourth-order valence-electron chi connectivity index (χ4n) is 3.88. The normalized spacial score (nSPS) is 14.9. The number of fused-ring (bicyclic) bond motifs is 1. The first-order valence-electron chi connectivity index (χ1n) is 10.5. The van der Waals surface area contributed by atoms with Gasteiger partial charge in [-0.3, -0.25) is 9.69 Å². The summed E-state index contributed by atoms with van der Waals surface area (Å²) in [6.45, 7) is 3.94. The Labute approximate surface area is 215 Å². The molecule has 174 valence electrons. The summed E-state index contributed by atoms with van der Waals surface area (Å²) in [6, 6.07) is 17.0. The van der Waals surface area contributed by atoms with E-state index in [9.17, 15) is 9.18 Å². The molecule has 1 aromatic heterocycles. The minimum absolute atomic E-state index is 0.141. The Bertz CT molecular complexity index is 1560. The molecule has 0 spiro atoms. The lowest BCUT2D eigenvalue weighted by atomic mass is 10.0. The van der Waals surface area contributed by atoms with Crippen LogP contribution in [0.4, 0.5) is 10.1 Å². The molecule has 1 aliphatic rings. The molecule has 0 unspecified atom stereocenters. The van der Waals surface area contributed by atoms with E-state index >= 15 is 0 Å². The number of benzene rings is 3. The molecule has 35 heavy (non-hydrogen) atoms. The average molecular weight is 522 g/mol. The van der Waals surface area contributed by atoms with Gasteiger partial charge in [0, 0.05) is 5.56 Å². The molecular formula is C26H17ClFN3O2S2. The van der Waals surface area contributed by atoms with E-state index in [0.29, 0.717) is 20.5 Å². The monoisotopic (exact) mass is 521 g/mol. The van der Waals surface area contributed by atoms with Crippen LogP contribution < -0.4 is 9.64 Å². The molecule has 1 aliphatic heterocycles. The van der Waals surface area contributed by atoms with Crippen molar-refractivity contribution in [1.82, 2.24) is 9.97 Å². The predicted molar refractivity (Wildman–Crippen MR) is 143 cm³/mol. The van der Waals surface area contributed by atoms with Crippen molar-refractivity contribution in [1.29, 1.82) is 0 Å². The topological polar surface area (TPSA) is 55.3 Å². The fourth-order valence-corrected chi connectivity index (χ4v) is 5.28. The Kier molecular flexibility index (Phi) is 6.27. The number of nitrogens with zero attached hydrogens (tertiary/aromatic N) is 3. The minimum atomic E-state index is -0.755. The molecule has 0 saturated carbocycles. The summed E-state index contributed by atoms with van der Waals surface area (Å²) in [5.74, 6) is -0.983. The molecule has 5 nitrogen and oxygen atoms in total. The average Bonchev–Trinajstić information content (AvgIpc) is 3.10. The van der Waals surface area contributed by atoms with Crippen LogP contribution in [0.1, 0.15) is 16.7 Å². The van der Waals surface area contributed by atoms with Crippen LogP contribution in [-0.2, 0) is 4.79 Å². The molecule has 4 aromatic rings. The maximum absolute atomic E-state index is 14.3. The van der Waals surface area contributed by atoms with E-state index in [2.05, 4.69) is 9.97 Å². The molecule has 9 heteroatoms. The Morgan fingerprint density at radius 3 is 2.74 bits per heavy atom. The highest BCUT2D eigenvalue weighted by molar-refractivity contribution is 8.27. The maximum atomic E-state index is 14.3. The van der Waals surface area contributed by atoms with Crippen LogP contribution in [0.15, 0.2) is 65.7 Å². The van der Waals surface area contributed by atoms with Crippen LogP contribution in [0.5, 0.6) is 11.6 Å². The van der Waals surface area contributed by atoms with Crippen molar-refractivity contribution in [2.45, 2.75) is 13.8 Å². The van der Waals surface area contributed by atoms with E-state index in [4.69, 9.17) is 28.6 Å². The number of thioether (sulfide) groups is 1. The zero-order chi connectivity index (χ0) is 24.7. The van der Waals surface area contributed by atoms with Gasteiger partial charge in [0.2, 0.25) is 11.1 Å². The summed E-state index contributed by atoms with van der Waals surface area (Å²) in [6.07, 6.45) is 2.67. The number of halogens is 2. The van der Waals surface area contributed by atoms with E-state index in [1.807, 2.05) is 62.4 Å². The van der Waals surface area contributed by atoms with E-state index in [0.717, 1.165) is 33.8 Å². The van der Waals surface area contributed by atoms with Crippen LogP contribution in [0.2, 0.25) is 5.28 Å². The Morgan fingerprint density at radius 2 is 1.94 bits per heavy atom. The number of aromatic nitrogens is 2. The molecule has 5 rings (SSSR count). The molecule has 0 radical (unpaired) electrons. The second-order valence-electron chi connectivity index (χ2n) is 7.90. The highest BCUT2D eigenvalue weighted by Gasteiger charge is 2.34. The zero-order valence-electron chi connectivity index (χ0n) is 18.6. The van der Waals surface area contributed by atoms with Gasteiger partial charge in [-0.2, -0.15) is 9.37 Å². The first kappa shape index (κ1) is 23.4. The highest BCUT2D eigenvalue weighted by atomic mass is 35.5. The molecule has 1 saturated heterocycles. The van der Waals surface area contributed by atoms with Crippen molar-refractivity contribution in [2.75, 3.05) is 4.90 Å². The first-order valence-corrected chi connectivity index (χ1v) is 12.1. The van der Waals surface area contributed by atoms with Crippen molar-refractivity contribution < 1.29 is 13.9 Å². The van der Waals surface area contributed by atoms with Gasteiger partial charge < -0.3 is 4.74 Å².